The summed E-state index contributed by atoms with van der Waals surface area (Å²) in [7, 11) is 0. The van der Waals surface area contributed by atoms with Gasteiger partial charge in [0.1, 0.15) is 0 Å². The van der Waals surface area contributed by atoms with Gasteiger partial charge in [0.15, 0.2) is 0 Å². The fourth-order valence-electron chi connectivity index (χ4n) is 1.83. The van der Waals surface area contributed by atoms with Crippen LogP contribution in [0.4, 0.5) is 0 Å². The molecule has 0 aromatic heterocycles. The van der Waals surface area contributed by atoms with Gasteiger partial charge in [-0.15, -0.1) is 0 Å². The van der Waals surface area contributed by atoms with Crippen molar-refractivity contribution in [3.63, 3.8) is 0 Å². The first-order chi connectivity index (χ1) is 7.74. The maximum absolute atomic E-state index is 11.5. The highest BCUT2D eigenvalue weighted by molar-refractivity contribution is 5.79. The fourth-order valence-corrected chi connectivity index (χ4v) is 1.83. The highest BCUT2D eigenvalue weighted by Gasteiger charge is 2.21. The third-order valence-electron chi connectivity index (χ3n) is 2.99. The van der Waals surface area contributed by atoms with Crippen LogP contribution in [0, 0.1) is 0 Å². The molecule has 2 aliphatic rings. The van der Waals surface area contributed by atoms with Gasteiger partial charge >= 0.3 is 0 Å². The van der Waals surface area contributed by atoms with Crippen molar-refractivity contribution in [3.05, 3.63) is 0 Å². The molecule has 16 heavy (non-hydrogen) atoms. The van der Waals surface area contributed by atoms with Gasteiger partial charge in [-0.1, -0.05) is 0 Å². The molecule has 0 bridgehead atoms. The minimum atomic E-state index is 0.0781. The number of hydrogen-bond acceptors (Lipinski definition) is 3. The lowest BCUT2D eigenvalue weighted by atomic mass is 10.1. The van der Waals surface area contributed by atoms with Crippen molar-refractivity contribution in [3.8, 4) is 0 Å². The van der Waals surface area contributed by atoms with E-state index in [-0.39, 0.29) is 17.9 Å². The third-order valence-corrected chi connectivity index (χ3v) is 2.99. The van der Waals surface area contributed by atoms with Crippen LogP contribution < -0.4 is 16.0 Å². The molecule has 3 N–H and O–H groups in total. The summed E-state index contributed by atoms with van der Waals surface area (Å²) in [5.74, 6) is 0.162. The molecule has 0 radical (unpaired) electrons. The van der Waals surface area contributed by atoms with Crippen molar-refractivity contribution in [2.24, 2.45) is 0 Å². The molecular formula is C11H19N3O2. The molecule has 5 heteroatoms. The molecule has 0 spiro atoms. The first-order valence-corrected chi connectivity index (χ1v) is 6.03. The van der Waals surface area contributed by atoms with Crippen LogP contribution in [0.15, 0.2) is 0 Å². The molecule has 2 fully saturated rings. The molecule has 1 atom stereocenters. The summed E-state index contributed by atoms with van der Waals surface area (Å²) >= 11 is 0. The number of carbonyl (C=O) groups is 2. The van der Waals surface area contributed by atoms with Gasteiger partial charge in [-0.05, 0) is 19.3 Å². The predicted molar refractivity (Wildman–Crippen MR) is 59.8 cm³/mol. The van der Waals surface area contributed by atoms with Crippen LogP contribution in [-0.2, 0) is 9.59 Å². The number of nitrogens with one attached hydrogen (secondary N) is 3. The van der Waals surface area contributed by atoms with E-state index in [0.717, 1.165) is 13.0 Å². The average Bonchev–Trinajstić information content (AvgIpc) is 3.05. The van der Waals surface area contributed by atoms with Gasteiger partial charge in [-0.3, -0.25) is 9.59 Å². The molecule has 1 saturated heterocycles. The van der Waals surface area contributed by atoms with E-state index < -0.39 is 0 Å². The predicted octanol–water partition coefficient (Wildman–Crippen LogP) is -0.477. The zero-order valence-electron chi connectivity index (χ0n) is 9.42. The van der Waals surface area contributed by atoms with Crippen LogP contribution in [-0.4, -0.2) is 37.0 Å². The summed E-state index contributed by atoms with van der Waals surface area (Å²) < 4.78 is 0. The maximum Gasteiger partial charge on any atom is 0.221 e. The highest BCUT2D eigenvalue weighted by Crippen LogP contribution is 2.18. The largest absolute Gasteiger partial charge is 0.354 e. The highest BCUT2D eigenvalue weighted by atomic mass is 16.2. The molecule has 0 aromatic rings. The van der Waals surface area contributed by atoms with Crippen LogP contribution in [0.25, 0.3) is 0 Å². The lowest BCUT2D eigenvalue weighted by Crippen LogP contribution is -2.48. The molecule has 2 rings (SSSR count). The second-order valence-electron chi connectivity index (χ2n) is 4.59. The van der Waals surface area contributed by atoms with Crippen molar-refractivity contribution in [2.45, 2.75) is 44.2 Å². The molecule has 1 unspecified atom stereocenters. The van der Waals surface area contributed by atoms with Crippen molar-refractivity contribution >= 4 is 11.8 Å². The monoisotopic (exact) mass is 225 g/mol. The minimum Gasteiger partial charge on any atom is -0.354 e. The van der Waals surface area contributed by atoms with Crippen LogP contribution >= 0.6 is 0 Å². The smallest absolute Gasteiger partial charge is 0.221 e. The number of carbonyl (C=O) groups excluding carboxylic acids is 2. The Morgan fingerprint density at radius 1 is 1.31 bits per heavy atom. The Bertz CT molecular complexity index is 266. The molecule has 2 amide bonds. The average molecular weight is 225 g/mol. The molecule has 1 saturated carbocycles. The van der Waals surface area contributed by atoms with E-state index in [1.165, 1.54) is 12.8 Å². The summed E-state index contributed by atoms with van der Waals surface area (Å²) in [5.41, 5.74) is 0. The summed E-state index contributed by atoms with van der Waals surface area (Å²) in [6.45, 7) is 1.33. The van der Waals surface area contributed by atoms with Crippen LogP contribution in [0.2, 0.25) is 0 Å². The zero-order valence-corrected chi connectivity index (χ0v) is 9.42. The molecule has 1 aliphatic carbocycles. The van der Waals surface area contributed by atoms with Crippen LogP contribution in [0.3, 0.4) is 0 Å². The van der Waals surface area contributed by atoms with Gasteiger partial charge in [0, 0.05) is 38.0 Å². The zero-order chi connectivity index (χ0) is 11.4. The second-order valence-corrected chi connectivity index (χ2v) is 4.59. The van der Waals surface area contributed by atoms with E-state index in [4.69, 9.17) is 0 Å². The second kappa shape index (κ2) is 5.30. The van der Waals surface area contributed by atoms with Gasteiger partial charge < -0.3 is 16.0 Å². The van der Waals surface area contributed by atoms with Crippen molar-refractivity contribution in [1.29, 1.82) is 0 Å². The Labute approximate surface area is 95.3 Å². The van der Waals surface area contributed by atoms with Gasteiger partial charge in [0.25, 0.3) is 0 Å². The lowest BCUT2D eigenvalue weighted by molar-refractivity contribution is -0.125. The van der Waals surface area contributed by atoms with E-state index in [0.29, 0.717) is 25.4 Å². The SMILES string of the molecule is O=C1CCC(NC(=O)CCNC2CC2)CN1. The fraction of sp³-hybridized carbons (Fsp3) is 0.818. The van der Waals surface area contributed by atoms with E-state index in [1.807, 2.05) is 0 Å². The Balaban J connectivity index is 1.56. The Morgan fingerprint density at radius 2 is 2.12 bits per heavy atom. The summed E-state index contributed by atoms with van der Waals surface area (Å²) in [6, 6.07) is 0.771. The molecular weight excluding hydrogens is 206 g/mol. The number of piperidine rings is 1. The first-order valence-electron chi connectivity index (χ1n) is 6.03. The minimum absolute atomic E-state index is 0.0781. The molecule has 5 nitrogen and oxygen atoms in total. The summed E-state index contributed by atoms with van der Waals surface area (Å²) in [5, 5.41) is 8.99. The van der Waals surface area contributed by atoms with Crippen molar-refractivity contribution < 1.29 is 9.59 Å². The maximum atomic E-state index is 11.5. The Hall–Kier alpha value is -1.10. The van der Waals surface area contributed by atoms with Crippen molar-refractivity contribution in [1.82, 2.24) is 16.0 Å². The summed E-state index contributed by atoms with van der Waals surface area (Å²) in [4.78, 5) is 22.4. The van der Waals surface area contributed by atoms with Crippen LogP contribution in [0.5, 0.6) is 0 Å². The van der Waals surface area contributed by atoms with Crippen molar-refractivity contribution in [2.75, 3.05) is 13.1 Å². The number of amides is 2. The van der Waals surface area contributed by atoms with Crippen LogP contribution in [0.1, 0.15) is 32.1 Å². The Kier molecular flexibility index (Phi) is 3.77. The number of rotatable bonds is 5. The third kappa shape index (κ3) is 3.81. The van der Waals surface area contributed by atoms with Gasteiger partial charge in [-0.25, -0.2) is 0 Å². The topological polar surface area (TPSA) is 70.2 Å². The normalized spacial score (nSPS) is 25.0. The molecule has 0 aromatic carbocycles. The first kappa shape index (κ1) is 11.4. The molecule has 90 valence electrons. The van der Waals surface area contributed by atoms with Gasteiger partial charge in [0.2, 0.25) is 11.8 Å². The van der Waals surface area contributed by atoms with E-state index in [1.54, 1.807) is 0 Å². The molecule has 1 aliphatic heterocycles. The summed E-state index contributed by atoms with van der Waals surface area (Å²) in [6.07, 6.45) is 4.30. The van der Waals surface area contributed by atoms with E-state index >= 15 is 0 Å². The number of hydrogen-bond donors (Lipinski definition) is 3. The van der Waals surface area contributed by atoms with Gasteiger partial charge in [-0.2, -0.15) is 0 Å². The lowest BCUT2D eigenvalue weighted by Gasteiger charge is -2.23. The standard InChI is InChI=1S/C11H19N3O2/c15-10-4-3-9(7-13-10)14-11(16)5-6-12-8-1-2-8/h8-9,12H,1-7H2,(H,13,15)(H,14,16). The quantitative estimate of drug-likeness (QED) is 0.592. The van der Waals surface area contributed by atoms with E-state index in [2.05, 4.69) is 16.0 Å². The molecule has 1 heterocycles. The van der Waals surface area contributed by atoms with E-state index in [9.17, 15) is 9.59 Å². The Morgan fingerprint density at radius 3 is 2.75 bits per heavy atom. The van der Waals surface area contributed by atoms with Gasteiger partial charge in [0.05, 0.1) is 0 Å².